The molecule has 0 unspecified atom stereocenters. The number of nitrogens with one attached hydrogen (secondary N) is 1. The van der Waals surface area contributed by atoms with E-state index < -0.39 is 11.9 Å². The van der Waals surface area contributed by atoms with E-state index in [9.17, 15) is 13.2 Å². The van der Waals surface area contributed by atoms with Crippen LogP contribution in [-0.2, 0) is 17.3 Å². The molecule has 74 valence electrons. The summed E-state index contributed by atoms with van der Waals surface area (Å²) < 4.78 is 40.7. The van der Waals surface area contributed by atoms with Crippen LogP contribution in [0.15, 0.2) is 6.07 Å². The molecular formula is C7H9F3N2O. The van der Waals surface area contributed by atoms with Gasteiger partial charge < -0.3 is 4.74 Å². The van der Waals surface area contributed by atoms with E-state index in [2.05, 4.69) is 10.2 Å². The van der Waals surface area contributed by atoms with Crippen LogP contribution in [0, 0.1) is 0 Å². The largest absolute Gasteiger partial charge is 0.435 e. The summed E-state index contributed by atoms with van der Waals surface area (Å²) >= 11 is 0. The Bertz CT molecular complexity index is 269. The second-order valence-corrected chi connectivity index (χ2v) is 2.52. The highest BCUT2D eigenvalue weighted by molar-refractivity contribution is 5.11. The lowest BCUT2D eigenvalue weighted by atomic mass is 10.3. The van der Waals surface area contributed by atoms with E-state index in [1.165, 1.54) is 7.11 Å². The van der Waals surface area contributed by atoms with Crippen LogP contribution in [0.5, 0.6) is 0 Å². The molecule has 0 spiro atoms. The van der Waals surface area contributed by atoms with Crippen LogP contribution in [0.4, 0.5) is 13.2 Å². The highest BCUT2D eigenvalue weighted by Crippen LogP contribution is 2.27. The first-order valence-electron chi connectivity index (χ1n) is 3.64. The number of hydrogen-bond acceptors (Lipinski definition) is 2. The lowest BCUT2D eigenvalue weighted by Gasteiger charge is -1.98. The first-order valence-corrected chi connectivity index (χ1v) is 3.64. The van der Waals surface area contributed by atoms with Gasteiger partial charge in [-0.15, -0.1) is 0 Å². The minimum Gasteiger partial charge on any atom is -0.384 e. The Morgan fingerprint density at radius 3 is 2.69 bits per heavy atom. The third kappa shape index (κ3) is 2.73. The normalized spacial score (nSPS) is 12.0. The first kappa shape index (κ1) is 10.0. The van der Waals surface area contributed by atoms with Crippen molar-refractivity contribution in [1.82, 2.24) is 10.2 Å². The summed E-state index contributed by atoms with van der Waals surface area (Å²) in [7, 11) is 1.49. The lowest BCUT2D eigenvalue weighted by Crippen LogP contribution is -2.04. The van der Waals surface area contributed by atoms with E-state index in [4.69, 9.17) is 4.74 Å². The fourth-order valence-electron chi connectivity index (χ4n) is 0.847. The summed E-state index contributed by atoms with van der Waals surface area (Å²) in [6.07, 6.45) is -3.97. The zero-order valence-corrected chi connectivity index (χ0v) is 6.98. The van der Waals surface area contributed by atoms with E-state index in [1.807, 2.05) is 0 Å². The smallest absolute Gasteiger partial charge is 0.384 e. The Morgan fingerprint density at radius 2 is 2.23 bits per heavy atom. The maximum Gasteiger partial charge on any atom is 0.435 e. The molecule has 0 aliphatic rings. The van der Waals surface area contributed by atoms with Crippen LogP contribution in [0.2, 0.25) is 0 Å². The molecule has 0 saturated carbocycles. The van der Waals surface area contributed by atoms with Crippen molar-refractivity contribution in [3.8, 4) is 0 Å². The molecular weight excluding hydrogens is 185 g/mol. The van der Waals surface area contributed by atoms with Gasteiger partial charge in [0.15, 0.2) is 5.69 Å². The van der Waals surface area contributed by atoms with Crippen molar-refractivity contribution in [2.75, 3.05) is 13.7 Å². The number of hydrogen-bond donors (Lipinski definition) is 1. The maximum absolute atomic E-state index is 12.0. The Balaban J connectivity index is 2.64. The van der Waals surface area contributed by atoms with Crippen LogP contribution in [0.25, 0.3) is 0 Å². The molecule has 0 atom stereocenters. The third-order valence-corrected chi connectivity index (χ3v) is 1.50. The molecule has 0 fully saturated rings. The second-order valence-electron chi connectivity index (χ2n) is 2.52. The molecule has 1 aromatic heterocycles. The monoisotopic (exact) mass is 194 g/mol. The summed E-state index contributed by atoms with van der Waals surface area (Å²) in [4.78, 5) is 0. The van der Waals surface area contributed by atoms with E-state index in [0.717, 1.165) is 6.07 Å². The number of H-pyrrole nitrogens is 1. The van der Waals surface area contributed by atoms with E-state index in [1.54, 1.807) is 0 Å². The van der Waals surface area contributed by atoms with Crippen LogP contribution in [-0.4, -0.2) is 23.9 Å². The number of aromatic nitrogens is 2. The van der Waals surface area contributed by atoms with Crippen molar-refractivity contribution < 1.29 is 17.9 Å². The SMILES string of the molecule is COCCc1cc(C(F)(F)F)n[nH]1. The molecule has 1 aromatic rings. The van der Waals surface area contributed by atoms with Crippen molar-refractivity contribution in [2.24, 2.45) is 0 Å². The third-order valence-electron chi connectivity index (χ3n) is 1.50. The topological polar surface area (TPSA) is 37.9 Å². The Hall–Kier alpha value is -1.04. The molecule has 0 aliphatic heterocycles. The van der Waals surface area contributed by atoms with Gasteiger partial charge in [0.2, 0.25) is 0 Å². The Kier molecular flexibility index (Phi) is 2.92. The van der Waals surface area contributed by atoms with Crippen LogP contribution < -0.4 is 0 Å². The van der Waals surface area contributed by atoms with E-state index in [-0.39, 0.29) is 0 Å². The maximum atomic E-state index is 12.0. The Labute approximate surface area is 72.9 Å². The molecule has 0 aliphatic carbocycles. The summed E-state index contributed by atoms with van der Waals surface area (Å²) in [6, 6.07) is 0.985. The van der Waals surface area contributed by atoms with Gasteiger partial charge in [-0.25, -0.2) is 0 Å². The summed E-state index contributed by atoms with van der Waals surface area (Å²) in [5.74, 6) is 0. The van der Waals surface area contributed by atoms with Crippen LogP contribution >= 0.6 is 0 Å². The number of halogens is 3. The van der Waals surface area contributed by atoms with Gasteiger partial charge in [0.25, 0.3) is 0 Å². The predicted octanol–water partition coefficient (Wildman–Crippen LogP) is 1.62. The van der Waals surface area contributed by atoms with Gasteiger partial charge in [0.1, 0.15) is 0 Å². The van der Waals surface area contributed by atoms with Gasteiger partial charge in [0.05, 0.1) is 6.61 Å². The zero-order chi connectivity index (χ0) is 9.90. The zero-order valence-electron chi connectivity index (χ0n) is 6.98. The second kappa shape index (κ2) is 3.78. The van der Waals surface area contributed by atoms with Gasteiger partial charge in [0, 0.05) is 19.2 Å². The summed E-state index contributed by atoms with van der Waals surface area (Å²) in [5, 5.41) is 5.43. The summed E-state index contributed by atoms with van der Waals surface area (Å²) in [5.41, 5.74) is -0.465. The number of aromatic amines is 1. The van der Waals surface area contributed by atoms with Gasteiger partial charge in [-0.2, -0.15) is 18.3 Å². The van der Waals surface area contributed by atoms with E-state index >= 15 is 0 Å². The molecule has 6 heteroatoms. The molecule has 1 heterocycles. The predicted molar refractivity (Wildman–Crippen MR) is 39.2 cm³/mol. The Morgan fingerprint density at radius 1 is 1.54 bits per heavy atom. The average Bonchev–Trinajstić information content (AvgIpc) is 2.47. The molecule has 0 saturated heterocycles. The number of ether oxygens (including phenoxy) is 1. The molecule has 3 nitrogen and oxygen atoms in total. The quantitative estimate of drug-likeness (QED) is 0.793. The number of nitrogens with zero attached hydrogens (tertiary/aromatic N) is 1. The molecule has 0 bridgehead atoms. The lowest BCUT2D eigenvalue weighted by molar-refractivity contribution is -0.141. The van der Waals surface area contributed by atoms with Gasteiger partial charge in [-0.05, 0) is 6.07 Å². The van der Waals surface area contributed by atoms with Crippen LogP contribution in [0.1, 0.15) is 11.4 Å². The average molecular weight is 194 g/mol. The highest BCUT2D eigenvalue weighted by atomic mass is 19.4. The minimum absolute atomic E-state index is 0.374. The van der Waals surface area contributed by atoms with Gasteiger partial charge >= 0.3 is 6.18 Å². The van der Waals surface area contributed by atoms with Crippen molar-refractivity contribution in [3.05, 3.63) is 17.5 Å². The van der Waals surface area contributed by atoms with Gasteiger partial charge in [-0.3, -0.25) is 5.10 Å². The van der Waals surface area contributed by atoms with Crippen molar-refractivity contribution in [1.29, 1.82) is 0 Å². The van der Waals surface area contributed by atoms with Gasteiger partial charge in [-0.1, -0.05) is 0 Å². The standard InChI is InChI=1S/C7H9F3N2O/c1-13-3-2-5-4-6(12-11-5)7(8,9)10/h4H,2-3H2,1H3,(H,11,12). The molecule has 0 aromatic carbocycles. The number of alkyl halides is 3. The molecule has 0 radical (unpaired) electrons. The van der Waals surface area contributed by atoms with Crippen molar-refractivity contribution >= 4 is 0 Å². The minimum atomic E-state index is -4.37. The fourth-order valence-corrected chi connectivity index (χ4v) is 0.847. The number of rotatable bonds is 3. The highest BCUT2D eigenvalue weighted by Gasteiger charge is 2.33. The van der Waals surface area contributed by atoms with Crippen molar-refractivity contribution in [3.63, 3.8) is 0 Å². The molecule has 0 amide bonds. The first-order chi connectivity index (χ1) is 6.04. The molecule has 13 heavy (non-hydrogen) atoms. The van der Waals surface area contributed by atoms with Crippen LogP contribution in [0.3, 0.4) is 0 Å². The summed E-state index contributed by atoms with van der Waals surface area (Å²) in [6.45, 7) is 0.374. The van der Waals surface area contributed by atoms with Crippen molar-refractivity contribution in [2.45, 2.75) is 12.6 Å². The van der Waals surface area contributed by atoms with E-state index in [0.29, 0.717) is 18.7 Å². The molecule has 1 N–H and O–H groups in total. The number of methoxy groups -OCH3 is 1. The molecule has 1 rings (SSSR count). The fraction of sp³-hybridized carbons (Fsp3) is 0.571.